The fourth-order valence-electron chi connectivity index (χ4n) is 4.25. The van der Waals surface area contributed by atoms with Crippen LogP contribution in [0.4, 0.5) is 23.1 Å². The normalized spacial score (nSPS) is 20.3. The molecule has 2 aliphatic heterocycles. The van der Waals surface area contributed by atoms with Gasteiger partial charge in [-0.1, -0.05) is 0 Å². The van der Waals surface area contributed by atoms with E-state index in [1.807, 2.05) is 4.90 Å². The van der Waals surface area contributed by atoms with Crippen molar-refractivity contribution in [2.24, 2.45) is 0 Å². The number of anilines is 3. The van der Waals surface area contributed by atoms with E-state index in [1.54, 1.807) is 6.92 Å². The van der Waals surface area contributed by atoms with Gasteiger partial charge in [0.05, 0.1) is 16.4 Å². The third-order valence-corrected chi connectivity index (χ3v) is 6.01. The fourth-order valence-corrected chi connectivity index (χ4v) is 4.25. The third kappa shape index (κ3) is 4.05. The molecule has 0 spiro atoms. The van der Waals surface area contributed by atoms with Gasteiger partial charge in [-0.25, -0.2) is 0 Å². The van der Waals surface area contributed by atoms with E-state index in [0.29, 0.717) is 17.2 Å². The Kier molecular flexibility index (Phi) is 5.64. The second-order valence-corrected chi connectivity index (χ2v) is 8.24. The van der Waals surface area contributed by atoms with Gasteiger partial charge in [0.25, 0.3) is 11.2 Å². The lowest BCUT2D eigenvalue weighted by Gasteiger charge is -2.34. The zero-order valence-electron chi connectivity index (χ0n) is 17.8. The van der Waals surface area contributed by atoms with Crippen LogP contribution in [-0.4, -0.2) is 39.3 Å². The molecular weight excluding hydrogens is 416 g/mol. The summed E-state index contributed by atoms with van der Waals surface area (Å²) < 4.78 is 0. The molecule has 1 saturated heterocycles. The summed E-state index contributed by atoms with van der Waals surface area (Å²) in [5.74, 6) is -1.51. The molecule has 2 aromatic rings. The maximum absolute atomic E-state index is 13.0. The van der Waals surface area contributed by atoms with E-state index < -0.39 is 28.2 Å². The number of aromatic amines is 1. The molecule has 1 aromatic carbocycles. The zero-order chi connectivity index (χ0) is 23.0. The van der Waals surface area contributed by atoms with Crippen molar-refractivity contribution in [1.29, 1.82) is 0 Å². The van der Waals surface area contributed by atoms with Crippen molar-refractivity contribution in [1.82, 2.24) is 9.97 Å². The van der Waals surface area contributed by atoms with Crippen LogP contribution in [0.5, 0.6) is 0 Å². The highest BCUT2D eigenvalue weighted by Gasteiger charge is 2.35. The van der Waals surface area contributed by atoms with Crippen LogP contribution in [0, 0.1) is 17.0 Å². The molecule has 0 saturated carbocycles. The number of H-pyrrole nitrogens is 1. The lowest BCUT2D eigenvalue weighted by atomic mass is 9.92. The molecule has 3 heterocycles. The molecule has 0 radical (unpaired) electrons. The van der Waals surface area contributed by atoms with Gasteiger partial charge >= 0.3 is 0 Å². The second-order valence-electron chi connectivity index (χ2n) is 8.24. The van der Waals surface area contributed by atoms with Crippen molar-refractivity contribution < 1.29 is 14.5 Å². The van der Waals surface area contributed by atoms with Crippen LogP contribution in [0.2, 0.25) is 0 Å². The number of hydrogen-bond acceptors (Lipinski definition) is 7. The number of benzene rings is 1. The summed E-state index contributed by atoms with van der Waals surface area (Å²) in [6.07, 6.45) is 2.87. The van der Waals surface area contributed by atoms with Gasteiger partial charge in [0.15, 0.2) is 0 Å². The van der Waals surface area contributed by atoms with E-state index in [0.717, 1.165) is 25.8 Å². The first-order valence-corrected chi connectivity index (χ1v) is 10.5. The summed E-state index contributed by atoms with van der Waals surface area (Å²) in [6, 6.07) is 4.26. The van der Waals surface area contributed by atoms with Crippen molar-refractivity contribution >= 4 is 35.0 Å². The van der Waals surface area contributed by atoms with E-state index in [4.69, 9.17) is 0 Å². The SMILES string of the molecule is Cc1cc([N+](=O)[O-])ccc1NC(=O)[C@H]1CC(=O)Nc2nc(N3CCCC[C@H]3C)[nH]c(=O)c21. The molecule has 4 rings (SSSR count). The Morgan fingerprint density at radius 3 is 2.78 bits per heavy atom. The predicted octanol–water partition coefficient (Wildman–Crippen LogP) is 2.43. The van der Waals surface area contributed by atoms with Gasteiger partial charge in [-0.05, 0) is 44.7 Å². The molecule has 0 unspecified atom stereocenters. The Bertz CT molecular complexity index is 1160. The lowest BCUT2D eigenvalue weighted by molar-refractivity contribution is -0.384. The van der Waals surface area contributed by atoms with Crippen LogP contribution < -0.4 is 21.1 Å². The third-order valence-electron chi connectivity index (χ3n) is 6.01. The Balaban J connectivity index is 1.64. The van der Waals surface area contributed by atoms with Crippen molar-refractivity contribution in [3.63, 3.8) is 0 Å². The summed E-state index contributed by atoms with van der Waals surface area (Å²) in [5.41, 5.74) is 0.409. The largest absolute Gasteiger partial charge is 0.340 e. The van der Waals surface area contributed by atoms with Crippen molar-refractivity contribution in [3.05, 3.63) is 49.8 Å². The van der Waals surface area contributed by atoms with Crippen LogP contribution in [0.3, 0.4) is 0 Å². The van der Waals surface area contributed by atoms with E-state index in [9.17, 15) is 24.5 Å². The quantitative estimate of drug-likeness (QED) is 0.488. The number of amides is 2. The Labute approximate surface area is 183 Å². The first-order chi connectivity index (χ1) is 15.2. The van der Waals surface area contributed by atoms with Crippen LogP contribution in [-0.2, 0) is 9.59 Å². The lowest BCUT2D eigenvalue weighted by Crippen LogP contribution is -2.42. The van der Waals surface area contributed by atoms with Gasteiger partial charge in [0.2, 0.25) is 17.8 Å². The second kappa shape index (κ2) is 8.40. The first-order valence-electron chi connectivity index (χ1n) is 10.5. The van der Waals surface area contributed by atoms with Gasteiger partial charge in [0, 0.05) is 36.8 Å². The van der Waals surface area contributed by atoms with Gasteiger partial charge in [-0.3, -0.25) is 29.5 Å². The number of nitro groups is 1. The minimum Gasteiger partial charge on any atom is -0.340 e. The molecule has 3 N–H and O–H groups in total. The topological polar surface area (TPSA) is 150 Å². The Morgan fingerprint density at radius 2 is 2.09 bits per heavy atom. The molecule has 2 aliphatic rings. The molecule has 32 heavy (non-hydrogen) atoms. The standard InChI is InChI=1S/C21H24N6O5/c1-11-9-13(27(31)32)6-7-15(11)22-19(29)14-10-16(28)23-18-17(14)20(30)25-21(24-18)26-8-4-3-5-12(26)2/h6-7,9,12,14H,3-5,8,10H2,1-2H3,(H,22,29)(H2,23,24,25,28,30)/t12-,14+/m1/s1. The van der Waals surface area contributed by atoms with Crippen molar-refractivity contribution in [3.8, 4) is 0 Å². The number of nitrogens with zero attached hydrogens (tertiary/aromatic N) is 3. The number of rotatable bonds is 4. The fraction of sp³-hybridized carbons (Fsp3) is 0.429. The van der Waals surface area contributed by atoms with Crippen LogP contribution in [0.1, 0.15) is 49.7 Å². The highest BCUT2D eigenvalue weighted by Crippen LogP contribution is 2.32. The molecule has 168 valence electrons. The smallest absolute Gasteiger partial charge is 0.269 e. The van der Waals surface area contributed by atoms with Crippen LogP contribution in [0.15, 0.2) is 23.0 Å². The van der Waals surface area contributed by atoms with E-state index in [1.165, 1.54) is 18.2 Å². The van der Waals surface area contributed by atoms with Crippen LogP contribution >= 0.6 is 0 Å². The molecule has 2 atom stereocenters. The number of carbonyl (C=O) groups excluding carboxylic acids is 2. The average molecular weight is 440 g/mol. The molecule has 11 heteroatoms. The van der Waals surface area contributed by atoms with Gasteiger partial charge in [0.1, 0.15) is 5.82 Å². The number of piperidine rings is 1. The van der Waals surface area contributed by atoms with Crippen molar-refractivity contribution in [2.75, 3.05) is 22.1 Å². The molecule has 1 fully saturated rings. The molecule has 0 aliphatic carbocycles. The van der Waals surface area contributed by atoms with Gasteiger partial charge < -0.3 is 15.5 Å². The Hall–Kier alpha value is -3.76. The summed E-state index contributed by atoms with van der Waals surface area (Å²) in [6.45, 7) is 4.44. The number of hydrogen-bond donors (Lipinski definition) is 3. The highest BCUT2D eigenvalue weighted by molar-refractivity contribution is 6.04. The summed E-state index contributed by atoms with van der Waals surface area (Å²) in [7, 11) is 0. The molecule has 2 amide bonds. The van der Waals surface area contributed by atoms with Crippen molar-refractivity contribution in [2.45, 2.75) is 51.5 Å². The van der Waals surface area contributed by atoms with Crippen LogP contribution in [0.25, 0.3) is 0 Å². The monoisotopic (exact) mass is 440 g/mol. The van der Waals surface area contributed by atoms with Gasteiger partial charge in [-0.2, -0.15) is 4.98 Å². The number of non-ortho nitro benzene ring substituents is 1. The maximum Gasteiger partial charge on any atom is 0.269 e. The Morgan fingerprint density at radius 1 is 1.31 bits per heavy atom. The molecular formula is C21H24N6O5. The van der Waals surface area contributed by atoms with E-state index in [-0.39, 0.29) is 29.5 Å². The summed E-state index contributed by atoms with van der Waals surface area (Å²) in [4.78, 5) is 58.0. The number of carbonyl (C=O) groups is 2. The number of nitro benzene ring substituents is 1. The zero-order valence-corrected chi connectivity index (χ0v) is 17.8. The number of nitrogens with one attached hydrogen (secondary N) is 3. The highest BCUT2D eigenvalue weighted by atomic mass is 16.6. The first kappa shape index (κ1) is 21.5. The molecule has 1 aromatic heterocycles. The predicted molar refractivity (Wildman–Crippen MR) is 118 cm³/mol. The number of aryl methyl sites for hydroxylation is 1. The summed E-state index contributed by atoms with van der Waals surface area (Å²) >= 11 is 0. The van der Waals surface area contributed by atoms with E-state index >= 15 is 0 Å². The minimum atomic E-state index is -1.03. The molecule has 0 bridgehead atoms. The van der Waals surface area contributed by atoms with E-state index in [2.05, 4.69) is 27.5 Å². The van der Waals surface area contributed by atoms with Gasteiger partial charge in [-0.15, -0.1) is 0 Å². The maximum atomic E-state index is 13.0. The number of fused-ring (bicyclic) bond motifs is 1. The molecule has 11 nitrogen and oxygen atoms in total. The summed E-state index contributed by atoms with van der Waals surface area (Å²) in [5, 5.41) is 16.2. The minimum absolute atomic E-state index is 0.0944. The number of aromatic nitrogens is 2. The average Bonchev–Trinajstić information content (AvgIpc) is 2.74.